The summed E-state index contributed by atoms with van der Waals surface area (Å²) < 4.78 is 43.7. The van der Waals surface area contributed by atoms with Gasteiger partial charge in [0.2, 0.25) is 0 Å². The van der Waals surface area contributed by atoms with Crippen LogP contribution in [0.5, 0.6) is 0 Å². The number of hydrogen-bond acceptors (Lipinski definition) is 2. The van der Waals surface area contributed by atoms with Gasteiger partial charge in [-0.3, -0.25) is 0 Å². The van der Waals surface area contributed by atoms with Crippen molar-refractivity contribution in [2.45, 2.75) is 45.3 Å². The Hall–Kier alpha value is -1.03. The van der Waals surface area contributed by atoms with E-state index in [1.807, 2.05) is 6.92 Å². The van der Waals surface area contributed by atoms with Gasteiger partial charge in [0.25, 0.3) is 0 Å². The van der Waals surface area contributed by atoms with E-state index in [2.05, 4.69) is 15.6 Å². The highest BCUT2D eigenvalue weighted by Crippen LogP contribution is 2.43. The second-order valence-corrected chi connectivity index (χ2v) is 6.84. The fourth-order valence-electron chi connectivity index (χ4n) is 3.14. The lowest BCUT2D eigenvalue weighted by Crippen LogP contribution is -2.46. The molecule has 2 N–H and O–H groups in total. The molecule has 0 atom stereocenters. The molecule has 0 amide bonds. The lowest BCUT2D eigenvalue weighted by Gasteiger charge is -2.42. The van der Waals surface area contributed by atoms with Crippen LogP contribution in [0, 0.1) is 5.41 Å². The van der Waals surface area contributed by atoms with E-state index in [9.17, 15) is 13.2 Å². The van der Waals surface area contributed by atoms with E-state index >= 15 is 0 Å². The molecule has 0 radical (unpaired) electrons. The zero-order valence-corrected chi connectivity index (χ0v) is 18.2. The summed E-state index contributed by atoms with van der Waals surface area (Å²) >= 11 is 0. The highest BCUT2D eigenvalue weighted by molar-refractivity contribution is 14.0. The number of hydrogen-bond donors (Lipinski definition) is 2. The number of benzene rings is 1. The van der Waals surface area contributed by atoms with Crippen molar-refractivity contribution < 1.29 is 17.9 Å². The van der Waals surface area contributed by atoms with Gasteiger partial charge in [0, 0.05) is 26.8 Å². The SMILES string of the molecule is CCNC(=NCc1cccc(C(F)(F)F)c1)NCC1(CCOC)CCC1.I. The predicted octanol–water partition coefficient (Wildman–Crippen LogP) is 4.59. The quantitative estimate of drug-likeness (QED) is 0.313. The Bertz CT molecular complexity index is 604. The number of guanidine groups is 1. The number of methoxy groups -OCH3 is 1. The van der Waals surface area contributed by atoms with Gasteiger partial charge in [0.15, 0.2) is 5.96 Å². The van der Waals surface area contributed by atoms with E-state index in [4.69, 9.17) is 4.74 Å². The van der Waals surface area contributed by atoms with Gasteiger partial charge in [-0.1, -0.05) is 18.6 Å². The summed E-state index contributed by atoms with van der Waals surface area (Å²) in [4.78, 5) is 4.44. The summed E-state index contributed by atoms with van der Waals surface area (Å²) in [6, 6.07) is 5.31. The maximum Gasteiger partial charge on any atom is 0.416 e. The number of nitrogens with one attached hydrogen (secondary N) is 2. The van der Waals surface area contributed by atoms with Gasteiger partial charge in [0.05, 0.1) is 12.1 Å². The lowest BCUT2D eigenvalue weighted by atomic mass is 9.67. The summed E-state index contributed by atoms with van der Waals surface area (Å²) in [6.45, 7) is 4.39. The highest BCUT2D eigenvalue weighted by atomic mass is 127. The molecule has 1 aromatic rings. The summed E-state index contributed by atoms with van der Waals surface area (Å²) in [5, 5.41) is 6.51. The Kier molecular flexibility index (Phi) is 9.86. The molecule has 1 aliphatic rings. The first-order valence-corrected chi connectivity index (χ1v) is 9.06. The minimum Gasteiger partial charge on any atom is -0.385 e. The van der Waals surface area contributed by atoms with E-state index in [0.29, 0.717) is 18.1 Å². The molecule has 0 bridgehead atoms. The topological polar surface area (TPSA) is 45.7 Å². The van der Waals surface area contributed by atoms with Crippen LogP contribution in [-0.4, -0.2) is 32.8 Å². The summed E-state index contributed by atoms with van der Waals surface area (Å²) in [5.74, 6) is 0.633. The van der Waals surface area contributed by atoms with Crippen molar-refractivity contribution in [3.63, 3.8) is 0 Å². The number of alkyl halides is 3. The molecule has 0 aromatic heterocycles. The van der Waals surface area contributed by atoms with Crippen LogP contribution >= 0.6 is 24.0 Å². The van der Waals surface area contributed by atoms with Crippen LogP contribution in [0.15, 0.2) is 29.3 Å². The minimum absolute atomic E-state index is 0. The van der Waals surface area contributed by atoms with Crippen LogP contribution in [0.4, 0.5) is 13.2 Å². The molecule has 1 aromatic carbocycles. The Morgan fingerprint density at radius 2 is 2.00 bits per heavy atom. The van der Waals surface area contributed by atoms with Gasteiger partial charge in [-0.2, -0.15) is 13.2 Å². The van der Waals surface area contributed by atoms with Crippen molar-refractivity contribution in [3.05, 3.63) is 35.4 Å². The first-order valence-electron chi connectivity index (χ1n) is 9.06. The number of ether oxygens (including phenoxy) is 1. The molecule has 8 heteroatoms. The molecule has 0 unspecified atom stereocenters. The molecule has 0 spiro atoms. The van der Waals surface area contributed by atoms with E-state index in [-0.39, 0.29) is 35.9 Å². The Balaban J connectivity index is 0.00000364. The fourth-order valence-corrected chi connectivity index (χ4v) is 3.14. The van der Waals surface area contributed by atoms with Crippen LogP contribution < -0.4 is 10.6 Å². The molecule has 2 rings (SSSR count). The van der Waals surface area contributed by atoms with E-state index in [1.54, 1.807) is 13.2 Å². The standard InChI is InChI=1S/C19H28F3N3O.HI/c1-3-23-17(25-14-18(8-5-9-18)10-11-26-2)24-13-15-6-4-7-16(12-15)19(20,21)22;/h4,6-7,12H,3,5,8-11,13-14H2,1-2H3,(H2,23,24,25);1H. The van der Waals surface area contributed by atoms with Gasteiger partial charge < -0.3 is 15.4 Å². The van der Waals surface area contributed by atoms with Crippen molar-refractivity contribution in [1.82, 2.24) is 10.6 Å². The molecular formula is C19H29F3IN3O. The molecule has 0 saturated heterocycles. The smallest absolute Gasteiger partial charge is 0.385 e. The maximum atomic E-state index is 12.8. The van der Waals surface area contributed by atoms with Gasteiger partial charge in [-0.15, -0.1) is 24.0 Å². The Labute approximate surface area is 176 Å². The van der Waals surface area contributed by atoms with Crippen LogP contribution in [0.3, 0.4) is 0 Å². The normalized spacial score (nSPS) is 16.3. The van der Waals surface area contributed by atoms with Crippen molar-refractivity contribution in [2.75, 3.05) is 26.8 Å². The summed E-state index contributed by atoms with van der Waals surface area (Å²) in [7, 11) is 1.71. The second-order valence-electron chi connectivity index (χ2n) is 6.84. The zero-order valence-electron chi connectivity index (χ0n) is 15.9. The molecule has 4 nitrogen and oxygen atoms in total. The second kappa shape index (κ2) is 11.1. The Morgan fingerprint density at radius 3 is 2.56 bits per heavy atom. The van der Waals surface area contributed by atoms with Crippen molar-refractivity contribution in [1.29, 1.82) is 0 Å². The van der Waals surface area contributed by atoms with E-state index in [1.165, 1.54) is 12.5 Å². The molecule has 0 aliphatic heterocycles. The molecule has 1 saturated carbocycles. The van der Waals surface area contributed by atoms with Gasteiger partial charge in [-0.25, -0.2) is 4.99 Å². The molecule has 1 fully saturated rings. The summed E-state index contributed by atoms with van der Waals surface area (Å²) in [6.07, 6.45) is 0.222. The highest BCUT2D eigenvalue weighted by Gasteiger charge is 2.36. The fraction of sp³-hybridized carbons (Fsp3) is 0.632. The van der Waals surface area contributed by atoms with Crippen LogP contribution in [0.25, 0.3) is 0 Å². The van der Waals surface area contributed by atoms with Gasteiger partial charge >= 0.3 is 6.18 Å². The van der Waals surface area contributed by atoms with Gasteiger partial charge in [-0.05, 0) is 49.3 Å². The van der Waals surface area contributed by atoms with E-state index < -0.39 is 11.7 Å². The average Bonchev–Trinajstić information content (AvgIpc) is 2.58. The molecular weight excluding hydrogens is 470 g/mol. The first-order chi connectivity index (χ1) is 12.4. The van der Waals surface area contributed by atoms with Crippen molar-refractivity contribution in [3.8, 4) is 0 Å². The minimum atomic E-state index is -4.33. The third-order valence-corrected chi connectivity index (χ3v) is 4.90. The monoisotopic (exact) mass is 499 g/mol. The number of halogens is 4. The largest absolute Gasteiger partial charge is 0.416 e. The van der Waals surface area contributed by atoms with Crippen molar-refractivity contribution >= 4 is 29.9 Å². The molecule has 1 aliphatic carbocycles. The third kappa shape index (κ3) is 7.48. The predicted molar refractivity (Wildman–Crippen MR) is 112 cm³/mol. The Morgan fingerprint density at radius 1 is 1.26 bits per heavy atom. The number of aliphatic imine (C=N–C) groups is 1. The third-order valence-electron chi connectivity index (χ3n) is 4.90. The average molecular weight is 499 g/mol. The van der Waals surface area contributed by atoms with Gasteiger partial charge in [0.1, 0.15) is 0 Å². The van der Waals surface area contributed by atoms with Crippen LogP contribution in [0.1, 0.15) is 43.7 Å². The van der Waals surface area contributed by atoms with E-state index in [0.717, 1.165) is 44.5 Å². The summed E-state index contributed by atoms with van der Waals surface area (Å²) in [5.41, 5.74) is 0.133. The lowest BCUT2D eigenvalue weighted by molar-refractivity contribution is -0.137. The van der Waals surface area contributed by atoms with Crippen LogP contribution in [-0.2, 0) is 17.5 Å². The molecule has 0 heterocycles. The molecule has 27 heavy (non-hydrogen) atoms. The maximum absolute atomic E-state index is 12.8. The zero-order chi connectivity index (χ0) is 19.0. The van der Waals surface area contributed by atoms with Crippen LogP contribution in [0.2, 0.25) is 0 Å². The number of nitrogens with zero attached hydrogens (tertiary/aromatic N) is 1. The van der Waals surface area contributed by atoms with Crippen molar-refractivity contribution in [2.24, 2.45) is 10.4 Å². The molecule has 154 valence electrons. The number of rotatable bonds is 8. The first kappa shape index (κ1) is 24.0.